The molecule has 0 fully saturated rings. The SMILES string of the molecule is Cc1ncsc1CNC(=O)C(C)(C)CN.Cl.Cl. The lowest BCUT2D eigenvalue weighted by Crippen LogP contribution is -2.41. The molecule has 0 radical (unpaired) electrons. The van der Waals surface area contributed by atoms with Crippen LogP contribution >= 0.6 is 36.2 Å². The second-order valence-electron chi connectivity index (χ2n) is 4.13. The molecule has 0 saturated heterocycles. The summed E-state index contributed by atoms with van der Waals surface area (Å²) in [5.41, 5.74) is 7.77. The number of aromatic nitrogens is 1. The van der Waals surface area contributed by atoms with Gasteiger partial charge in [-0.1, -0.05) is 0 Å². The molecule has 0 spiro atoms. The Kier molecular flexibility index (Phi) is 8.79. The van der Waals surface area contributed by atoms with E-state index >= 15 is 0 Å². The number of nitrogens with one attached hydrogen (secondary N) is 1. The highest BCUT2D eigenvalue weighted by Gasteiger charge is 2.25. The van der Waals surface area contributed by atoms with Crippen molar-refractivity contribution in [2.45, 2.75) is 27.3 Å². The van der Waals surface area contributed by atoms with Crippen molar-refractivity contribution in [3.05, 3.63) is 16.1 Å². The number of aryl methyl sites for hydroxylation is 1. The number of nitrogens with zero attached hydrogens (tertiary/aromatic N) is 1. The lowest BCUT2D eigenvalue weighted by molar-refractivity contribution is -0.129. The Morgan fingerprint density at radius 2 is 2.12 bits per heavy atom. The monoisotopic (exact) mass is 299 g/mol. The van der Waals surface area contributed by atoms with Gasteiger partial charge < -0.3 is 11.1 Å². The van der Waals surface area contributed by atoms with Crippen LogP contribution in [0.2, 0.25) is 0 Å². The van der Waals surface area contributed by atoms with Gasteiger partial charge in [-0.25, -0.2) is 4.98 Å². The van der Waals surface area contributed by atoms with E-state index in [1.54, 1.807) is 16.8 Å². The van der Waals surface area contributed by atoms with E-state index in [4.69, 9.17) is 5.73 Å². The van der Waals surface area contributed by atoms with E-state index in [9.17, 15) is 4.79 Å². The Bertz CT molecular complexity index is 355. The number of halogens is 2. The molecule has 7 heteroatoms. The molecular formula is C10H19Cl2N3OS. The average molecular weight is 300 g/mol. The van der Waals surface area contributed by atoms with Crippen LogP contribution in [-0.2, 0) is 11.3 Å². The van der Waals surface area contributed by atoms with Gasteiger partial charge >= 0.3 is 0 Å². The van der Waals surface area contributed by atoms with E-state index < -0.39 is 5.41 Å². The summed E-state index contributed by atoms with van der Waals surface area (Å²) in [6, 6.07) is 0. The molecule has 0 unspecified atom stereocenters. The molecule has 0 atom stereocenters. The average Bonchev–Trinajstić information content (AvgIpc) is 2.60. The van der Waals surface area contributed by atoms with Crippen LogP contribution in [0.1, 0.15) is 24.4 Å². The molecule has 0 aliphatic rings. The first-order valence-electron chi connectivity index (χ1n) is 4.84. The second-order valence-corrected chi connectivity index (χ2v) is 5.07. The summed E-state index contributed by atoms with van der Waals surface area (Å²) in [4.78, 5) is 16.9. The molecule has 0 aliphatic heterocycles. The van der Waals surface area contributed by atoms with E-state index in [1.165, 1.54) is 0 Å². The summed E-state index contributed by atoms with van der Waals surface area (Å²) < 4.78 is 0. The third-order valence-electron chi connectivity index (χ3n) is 2.38. The summed E-state index contributed by atoms with van der Waals surface area (Å²) in [6.07, 6.45) is 0. The van der Waals surface area contributed by atoms with Crippen molar-refractivity contribution >= 4 is 42.1 Å². The molecule has 17 heavy (non-hydrogen) atoms. The van der Waals surface area contributed by atoms with E-state index in [-0.39, 0.29) is 30.7 Å². The molecule has 0 saturated carbocycles. The second kappa shape index (κ2) is 7.87. The highest BCUT2D eigenvalue weighted by molar-refractivity contribution is 7.09. The molecule has 1 aromatic heterocycles. The van der Waals surface area contributed by atoms with Gasteiger partial charge in [-0.3, -0.25) is 4.79 Å². The maximum atomic E-state index is 11.7. The first-order valence-corrected chi connectivity index (χ1v) is 5.72. The predicted molar refractivity (Wildman–Crippen MR) is 76.0 cm³/mol. The topological polar surface area (TPSA) is 68.0 Å². The summed E-state index contributed by atoms with van der Waals surface area (Å²) >= 11 is 1.55. The molecule has 1 heterocycles. The third kappa shape index (κ3) is 5.21. The Morgan fingerprint density at radius 3 is 2.53 bits per heavy atom. The summed E-state index contributed by atoms with van der Waals surface area (Å²) in [7, 11) is 0. The molecule has 0 aliphatic carbocycles. The van der Waals surface area contributed by atoms with Crippen LogP contribution in [0.4, 0.5) is 0 Å². The van der Waals surface area contributed by atoms with Crippen molar-refractivity contribution in [3.63, 3.8) is 0 Å². The van der Waals surface area contributed by atoms with E-state index in [0.717, 1.165) is 10.6 Å². The van der Waals surface area contributed by atoms with Crippen molar-refractivity contribution < 1.29 is 4.79 Å². The smallest absolute Gasteiger partial charge is 0.227 e. The number of thiazole rings is 1. The van der Waals surface area contributed by atoms with Gasteiger partial charge in [-0.05, 0) is 20.8 Å². The number of nitrogens with two attached hydrogens (primary N) is 1. The third-order valence-corrected chi connectivity index (χ3v) is 3.31. The van der Waals surface area contributed by atoms with Crippen LogP contribution in [0.3, 0.4) is 0 Å². The van der Waals surface area contributed by atoms with Gasteiger partial charge in [-0.15, -0.1) is 36.2 Å². The standard InChI is InChI=1S/C10H17N3OS.2ClH/c1-7-8(15-6-13-7)4-12-9(14)10(2,3)5-11;;/h6H,4-5,11H2,1-3H3,(H,12,14);2*1H. The first kappa shape index (κ1) is 19.0. The minimum Gasteiger partial charge on any atom is -0.351 e. The Balaban J connectivity index is 0. The van der Waals surface area contributed by atoms with Crippen LogP contribution in [0.25, 0.3) is 0 Å². The molecule has 1 rings (SSSR count). The Hall–Kier alpha value is -0.360. The van der Waals surface area contributed by atoms with E-state index in [0.29, 0.717) is 13.1 Å². The lowest BCUT2D eigenvalue weighted by atomic mass is 9.93. The quantitative estimate of drug-likeness (QED) is 0.892. The van der Waals surface area contributed by atoms with Crippen molar-refractivity contribution in [1.29, 1.82) is 0 Å². The Labute approximate surface area is 118 Å². The molecule has 4 nitrogen and oxygen atoms in total. The van der Waals surface area contributed by atoms with Gasteiger partial charge in [0.2, 0.25) is 5.91 Å². The molecule has 1 amide bonds. The number of rotatable bonds is 4. The van der Waals surface area contributed by atoms with Gasteiger partial charge in [0.25, 0.3) is 0 Å². The van der Waals surface area contributed by atoms with Crippen LogP contribution in [-0.4, -0.2) is 17.4 Å². The number of carbonyl (C=O) groups excluding carboxylic acids is 1. The van der Waals surface area contributed by atoms with Gasteiger partial charge in [0.15, 0.2) is 0 Å². The fraction of sp³-hybridized carbons (Fsp3) is 0.600. The number of amides is 1. The van der Waals surface area contributed by atoms with E-state index in [2.05, 4.69) is 10.3 Å². The van der Waals surface area contributed by atoms with Gasteiger partial charge in [-0.2, -0.15) is 0 Å². The highest BCUT2D eigenvalue weighted by Crippen LogP contribution is 2.15. The molecule has 0 bridgehead atoms. The zero-order valence-electron chi connectivity index (χ0n) is 10.1. The summed E-state index contributed by atoms with van der Waals surface area (Å²) in [6.45, 7) is 6.50. The normalized spacial score (nSPS) is 10.1. The number of hydrogen-bond donors (Lipinski definition) is 2. The summed E-state index contributed by atoms with van der Waals surface area (Å²) in [5, 5.41) is 2.87. The highest BCUT2D eigenvalue weighted by atomic mass is 35.5. The first-order chi connectivity index (χ1) is 6.97. The van der Waals surface area contributed by atoms with Gasteiger partial charge in [0, 0.05) is 11.4 Å². The van der Waals surface area contributed by atoms with Crippen molar-refractivity contribution in [3.8, 4) is 0 Å². The number of hydrogen-bond acceptors (Lipinski definition) is 4. The largest absolute Gasteiger partial charge is 0.351 e. The zero-order valence-corrected chi connectivity index (χ0v) is 12.6. The van der Waals surface area contributed by atoms with Crippen LogP contribution in [0.15, 0.2) is 5.51 Å². The maximum Gasteiger partial charge on any atom is 0.227 e. The fourth-order valence-electron chi connectivity index (χ4n) is 0.988. The van der Waals surface area contributed by atoms with Crippen LogP contribution in [0, 0.1) is 12.3 Å². The fourth-order valence-corrected chi connectivity index (χ4v) is 1.71. The van der Waals surface area contributed by atoms with Gasteiger partial charge in [0.05, 0.1) is 23.2 Å². The Morgan fingerprint density at radius 1 is 1.53 bits per heavy atom. The van der Waals surface area contributed by atoms with Crippen molar-refractivity contribution in [2.24, 2.45) is 11.1 Å². The maximum absolute atomic E-state index is 11.7. The predicted octanol–water partition coefficient (Wildman–Crippen LogP) is 1.90. The molecule has 1 aromatic rings. The van der Waals surface area contributed by atoms with Crippen LogP contribution in [0.5, 0.6) is 0 Å². The number of carbonyl (C=O) groups is 1. The van der Waals surface area contributed by atoms with Crippen molar-refractivity contribution in [1.82, 2.24) is 10.3 Å². The summed E-state index contributed by atoms with van der Waals surface area (Å²) in [5.74, 6) is -0.0159. The zero-order chi connectivity index (χ0) is 11.5. The van der Waals surface area contributed by atoms with Gasteiger partial charge in [0.1, 0.15) is 0 Å². The minimum absolute atomic E-state index is 0. The molecular weight excluding hydrogens is 281 g/mol. The molecule has 3 N–H and O–H groups in total. The minimum atomic E-state index is -0.501. The lowest BCUT2D eigenvalue weighted by Gasteiger charge is -2.20. The van der Waals surface area contributed by atoms with Crippen LogP contribution < -0.4 is 11.1 Å². The van der Waals surface area contributed by atoms with Crippen molar-refractivity contribution in [2.75, 3.05) is 6.54 Å². The molecule has 0 aromatic carbocycles. The molecule has 100 valence electrons. The van der Waals surface area contributed by atoms with E-state index in [1.807, 2.05) is 20.8 Å².